The molecule has 1 N–H and O–H groups in total. The van der Waals surface area contributed by atoms with Gasteiger partial charge in [0.1, 0.15) is 17.0 Å². The van der Waals surface area contributed by atoms with Crippen molar-refractivity contribution < 1.29 is 9.53 Å². The number of aromatic nitrogens is 1. The first-order valence-corrected chi connectivity index (χ1v) is 9.12. The lowest BCUT2D eigenvalue weighted by atomic mass is 10.2. The third-order valence-electron chi connectivity index (χ3n) is 3.78. The minimum atomic E-state index is -0.201. The predicted molar refractivity (Wildman–Crippen MR) is 106 cm³/mol. The van der Waals surface area contributed by atoms with Gasteiger partial charge < -0.3 is 10.1 Å². The van der Waals surface area contributed by atoms with Crippen LogP contribution in [-0.4, -0.2) is 10.9 Å². The van der Waals surface area contributed by atoms with Crippen molar-refractivity contribution in [1.82, 2.24) is 4.98 Å². The number of nitrogens with zero attached hydrogens (tertiary/aromatic N) is 1. The maximum atomic E-state index is 12.5. The second kappa shape index (κ2) is 7.15. The standard InChI is InChI=1S/C20H13ClN2O2S/c21-16-10-11-17(19-18(16)22-12-26-19)23-20(24)13-6-8-15(9-7-13)25-14-4-2-1-3-5-14/h1-12H,(H,23,24). The molecule has 4 rings (SSSR count). The van der Waals surface area contributed by atoms with Crippen LogP contribution in [0.2, 0.25) is 5.02 Å². The molecule has 0 unspecified atom stereocenters. The quantitative estimate of drug-likeness (QED) is 0.472. The monoisotopic (exact) mass is 380 g/mol. The number of para-hydroxylation sites is 1. The van der Waals surface area contributed by atoms with E-state index < -0.39 is 0 Å². The number of amides is 1. The normalized spacial score (nSPS) is 10.7. The molecule has 0 aliphatic carbocycles. The number of hydrogen-bond acceptors (Lipinski definition) is 4. The molecule has 0 bridgehead atoms. The Bertz CT molecular complexity index is 1060. The first kappa shape index (κ1) is 16.6. The molecular weight excluding hydrogens is 368 g/mol. The van der Waals surface area contributed by atoms with Gasteiger partial charge in [-0.05, 0) is 48.5 Å². The summed E-state index contributed by atoms with van der Waals surface area (Å²) in [6.07, 6.45) is 0. The van der Waals surface area contributed by atoms with Crippen molar-refractivity contribution in [3.8, 4) is 11.5 Å². The lowest BCUT2D eigenvalue weighted by Gasteiger charge is -2.08. The van der Waals surface area contributed by atoms with Gasteiger partial charge in [-0.25, -0.2) is 4.98 Å². The van der Waals surface area contributed by atoms with E-state index in [0.717, 1.165) is 10.4 Å². The van der Waals surface area contributed by atoms with E-state index in [-0.39, 0.29) is 5.91 Å². The van der Waals surface area contributed by atoms with E-state index in [1.807, 2.05) is 30.3 Å². The van der Waals surface area contributed by atoms with Gasteiger partial charge in [-0.2, -0.15) is 0 Å². The zero-order valence-electron chi connectivity index (χ0n) is 13.5. The van der Waals surface area contributed by atoms with Gasteiger partial charge in [0, 0.05) is 5.56 Å². The van der Waals surface area contributed by atoms with Crippen molar-refractivity contribution in [1.29, 1.82) is 0 Å². The summed E-state index contributed by atoms with van der Waals surface area (Å²) in [5.41, 5.74) is 3.64. The van der Waals surface area contributed by atoms with Crippen LogP contribution in [0.5, 0.6) is 11.5 Å². The number of benzene rings is 3. The minimum absolute atomic E-state index is 0.201. The molecule has 0 aliphatic rings. The van der Waals surface area contributed by atoms with Crippen LogP contribution in [0, 0.1) is 0 Å². The molecule has 0 spiro atoms. The van der Waals surface area contributed by atoms with Crippen LogP contribution in [0.4, 0.5) is 5.69 Å². The number of rotatable bonds is 4. The third kappa shape index (κ3) is 3.40. The number of thiazole rings is 1. The molecule has 1 aromatic heterocycles. The second-order valence-corrected chi connectivity index (χ2v) is 6.78. The molecule has 4 aromatic rings. The third-order valence-corrected chi connectivity index (χ3v) is 4.94. The number of carbonyl (C=O) groups excluding carboxylic acids is 1. The number of nitrogens with one attached hydrogen (secondary N) is 1. The van der Waals surface area contributed by atoms with Gasteiger partial charge in [0.15, 0.2) is 0 Å². The van der Waals surface area contributed by atoms with Crippen molar-refractivity contribution in [2.75, 3.05) is 5.32 Å². The molecule has 1 heterocycles. The van der Waals surface area contributed by atoms with E-state index >= 15 is 0 Å². The Kier molecular flexibility index (Phi) is 4.56. The van der Waals surface area contributed by atoms with Crippen LogP contribution in [-0.2, 0) is 0 Å². The van der Waals surface area contributed by atoms with Crippen LogP contribution in [0.25, 0.3) is 10.2 Å². The van der Waals surface area contributed by atoms with E-state index in [2.05, 4.69) is 10.3 Å². The maximum absolute atomic E-state index is 12.5. The molecule has 26 heavy (non-hydrogen) atoms. The fraction of sp³-hybridized carbons (Fsp3) is 0. The van der Waals surface area contributed by atoms with Crippen molar-refractivity contribution in [3.63, 3.8) is 0 Å². The zero-order chi connectivity index (χ0) is 17.9. The van der Waals surface area contributed by atoms with Gasteiger partial charge >= 0.3 is 0 Å². The highest BCUT2D eigenvalue weighted by atomic mass is 35.5. The minimum Gasteiger partial charge on any atom is -0.457 e. The Morgan fingerprint density at radius 3 is 2.46 bits per heavy atom. The molecule has 128 valence electrons. The van der Waals surface area contributed by atoms with Gasteiger partial charge in [-0.15, -0.1) is 11.3 Å². The molecule has 6 heteroatoms. The molecule has 0 aliphatic heterocycles. The summed E-state index contributed by atoms with van der Waals surface area (Å²) in [6.45, 7) is 0. The molecule has 0 saturated carbocycles. The smallest absolute Gasteiger partial charge is 0.255 e. The predicted octanol–water partition coefficient (Wildman–Crippen LogP) is 5.99. The van der Waals surface area contributed by atoms with E-state index in [9.17, 15) is 4.79 Å². The summed E-state index contributed by atoms with van der Waals surface area (Å²) >= 11 is 7.56. The highest BCUT2D eigenvalue weighted by Gasteiger charge is 2.12. The summed E-state index contributed by atoms with van der Waals surface area (Å²) in [6, 6.07) is 20.0. The largest absolute Gasteiger partial charge is 0.457 e. The summed E-state index contributed by atoms with van der Waals surface area (Å²) < 4.78 is 6.60. The van der Waals surface area contributed by atoms with Crippen molar-refractivity contribution in [3.05, 3.63) is 82.8 Å². The molecular formula is C20H13ClN2O2S. The van der Waals surface area contributed by atoms with E-state index in [4.69, 9.17) is 16.3 Å². The van der Waals surface area contributed by atoms with E-state index in [1.54, 1.807) is 41.9 Å². The molecule has 0 saturated heterocycles. The van der Waals surface area contributed by atoms with Crippen LogP contribution in [0.3, 0.4) is 0 Å². The van der Waals surface area contributed by atoms with Gasteiger partial charge in [0.2, 0.25) is 0 Å². The number of ether oxygens (including phenoxy) is 1. The lowest BCUT2D eigenvalue weighted by Crippen LogP contribution is -2.11. The number of fused-ring (bicyclic) bond motifs is 1. The Labute approximate surface area is 159 Å². The number of halogens is 1. The van der Waals surface area contributed by atoms with Crippen molar-refractivity contribution in [2.24, 2.45) is 0 Å². The Morgan fingerprint density at radius 2 is 1.69 bits per heavy atom. The first-order valence-electron chi connectivity index (χ1n) is 7.87. The fourth-order valence-corrected chi connectivity index (χ4v) is 3.56. The van der Waals surface area contributed by atoms with Crippen LogP contribution in [0.1, 0.15) is 10.4 Å². The molecule has 3 aromatic carbocycles. The topological polar surface area (TPSA) is 51.2 Å². The average molecular weight is 381 g/mol. The molecule has 0 fully saturated rings. The highest BCUT2D eigenvalue weighted by molar-refractivity contribution is 7.17. The highest BCUT2D eigenvalue weighted by Crippen LogP contribution is 2.32. The fourth-order valence-electron chi connectivity index (χ4n) is 2.51. The van der Waals surface area contributed by atoms with Gasteiger partial charge in [-0.1, -0.05) is 29.8 Å². The average Bonchev–Trinajstić information content (AvgIpc) is 3.16. The van der Waals surface area contributed by atoms with Crippen LogP contribution in [0.15, 0.2) is 72.2 Å². The van der Waals surface area contributed by atoms with E-state index in [1.165, 1.54) is 11.3 Å². The summed E-state index contributed by atoms with van der Waals surface area (Å²) in [5.74, 6) is 1.22. The molecule has 1 amide bonds. The van der Waals surface area contributed by atoms with E-state index in [0.29, 0.717) is 27.5 Å². The first-order chi connectivity index (χ1) is 12.7. The number of hydrogen-bond donors (Lipinski definition) is 1. The summed E-state index contributed by atoms with van der Waals surface area (Å²) in [7, 11) is 0. The van der Waals surface area contributed by atoms with Gasteiger partial charge in [0.05, 0.1) is 20.9 Å². The Morgan fingerprint density at radius 1 is 0.962 bits per heavy atom. The second-order valence-electron chi connectivity index (χ2n) is 5.52. The Hall–Kier alpha value is -2.89. The molecule has 0 radical (unpaired) electrons. The zero-order valence-corrected chi connectivity index (χ0v) is 15.1. The maximum Gasteiger partial charge on any atom is 0.255 e. The molecule has 4 nitrogen and oxygen atoms in total. The van der Waals surface area contributed by atoms with Crippen LogP contribution >= 0.6 is 22.9 Å². The summed E-state index contributed by atoms with van der Waals surface area (Å²) in [4.78, 5) is 16.8. The number of anilines is 1. The summed E-state index contributed by atoms with van der Waals surface area (Å²) in [5, 5.41) is 3.49. The van der Waals surface area contributed by atoms with Crippen molar-refractivity contribution in [2.45, 2.75) is 0 Å². The van der Waals surface area contributed by atoms with Crippen molar-refractivity contribution >= 4 is 44.7 Å². The SMILES string of the molecule is O=C(Nc1ccc(Cl)c2ncsc12)c1ccc(Oc2ccccc2)cc1. The van der Waals surface area contributed by atoms with Gasteiger partial charge in [-0.3, -0.25) is 4.79 Å². The Balaban J connectivity index is 1.51. The molecule has 0 atom stereocenters. The number of carbonyl (C=O) groups is 1. The van der Waals surface area contributed by atoms with Crippen LogP contribution < -0.4 is 10.1 Å². The lowest BCUT2D eigenvalue weighted by molar-refractivity contribution is 0.102. The van der Waals surface area contributed by atoms with Gasteiger partial charge in [0.25, 0.3) is 5.91 Å².